The number of aliphatic hydroxyl groups is 1. The molecule has 4 heteroatoms. The Hall–Kier alpha value is -0.610. The number of rotatable bonds is 1. The fourth-order valence-corrected chi connectivity index (χ4v) is 1.55. The monoisotopic (exact) mass is 170 g/mol. The van der Waals surface area contributed by atoms with Crippen LogP contribution in [0.4, 0.5) is 0 Å². The van der Waals surface area contributed by atoms with Crippen molar-refractivity contribution in [3.63, 3.8) is 0 Å². The highest BCUT2D eigenvalue weighted by Crippen LogP contribution is 2.08. The Labute approximate surface area is 71.6 Å². The molecule has 2 aliphatic heterocycles. The second-order valence-electron chi connectivity index (χ2n) is 3.29. The third-order valence-corrected chi connectivity index (χ3v) is 2.28. The molecule has 0 aromatic carbocycles. The normalized spacial score (nSPS) is 35.2. The molecular formula is C8H14N2O2. The van der Waals surface area contributed by atoms with Crippen molar-refractivity contribution in [2.75, 3.05) is 19.8 Å². The van der Waals surface area contributed by atoms with Gasteiger partial charge in [-0.3, -0.25) is 4.99 Å². The molecule has 0 aliphatic carbocycles. The SMILES string of the molecule is O[C@@H]1COC[C@H]1NC1=NCCC1. The van der Waals surface area contributed by atoms with Gasteiger partial charge in [0.05, 0.1) is 31.2 Å². The molecule has 0 aromatic rings. The van der Waals surface area contributed by atoms with Gasteiger partial charge in [-0.05, 0) is 6.42 Å². The molecule has 4 nitrogen and oxygen atoms in total. The van der Waals surface area contributed by atoms with Crippen LogP contribution < -0.4 is 5.32 Å². The van der Waals surface area contributed by atoms with E-state index < -0.39 is 0 Å². The summed E-state index contributed by atoms with van der Waals surface area (Å²) < 4.78 is 5.11. The van der Waals surface area contributed by atoms with Crippen LogP contribution in [0.25, 0.3) is 0 Å². The number of aliphatic hydroxyl groups excluding tert-OH is 1. The van der Waals surface area contributed by atoms with Crippen LogP contribution in [0.15, 0.2) is 4.99 Å². The van der Waals surface area contributed by atoms with E-state index in [2.05, 4.69) is 10.3 Å². The number of nitrogens with zero attached hydrogens (tertiary/aromatic N) is 1. The molecule has 1 fully saturated rings. The zero-order chi connectivity index (χ0) is 8.39. The summed E-state index contributed by atoms with van der Waals surface area (Å²) in [4.78, 5) is 4.27. The number of hydrogen-bond donors (Lipinski definition) is 2. The predicted octanol–water partition coefficient (Wildman–Crippen LogP) is -0.472. The summed E-state index contributed by atoms with van der Waals surface area (Å²) in [6.07, 6.45) is 1.78. The molecule has 0 saturated carbocycles. The smallest absolute Gasteiger partial charge is 0.0996 e. The number of ether oxygens (including phenoxy) is 1. The van der Waals surface area contributed by atoms with E-state index in [-0.39, 0.29) is 12.1 Å². The summed E-state index contributed by atoms with van der Waals surface area (Å²) in [6, 6.07) is 0.0573. The van der Waals surface area contributed by atoms with Crippen LogP contribution in [0.5, 0.6) is 0 Å². The summed E-state index contributed by atoms with van der Waals surface area (Å²) in [7, 11) is 0. The Morgan fingerprint density at radius 2 is 2.42 bits per heavy atom. The Morgan fingerprint density at radius 3 is 3.00 bits per heavy atom. The topological polar surface area (TPSA) is 53.9 Å². The second-order valence-corrected chi connectivity index (χ2v) is 3.29. The third-order valence-electron chi connectivity index (χ3n) is 2.28. The van der Waals surface area contributed by atoms with Crippen molar-refractivity contribution in [2.24, 2.45) is 4.99 Å². The van der Waals surface area contributed by atoms with Crippen molar-refractivity contribution in [1.82, 2.24) is 5.32 Å². The number of nitrogens with one attached hydrogen (secondary N) is 1. The van der Waals surface area contributed by atoms with Gasteiger partial charge in [0.2, 0.25) is 0 Å². The summed E-state index contributed by atoms with van der Waals surface area (Å²) in [5, 5.41) is 12.6. The molecule has 0 radical (unpaired) electrons. The van der Waals surface area contributed by atoms with Crippen LogP contribution >= 0.6 is 0 Å². The van der Waals surface area contributed by atoms with Gasteiger partial charge in [0.15, 0.2) is 0 Å². The number of aliphatic imine (C=N–C) groups is 1. The van der Waals surface area contributed by atoms with E-state index in [9.17, 15) is 5.11 Å². The van der Waals surface area contributed by atoms with E-state index in [1.54, 1.807) is 0 Å². The Bertz CT molecular complexity index is 193. The van der Waals surface area contributed by atoms with Crippen molar-refractivity contribution >= 4 is 5.84 Å². The van der Waals surface area contributed by atoms with Crippen molar-refractivity contribution in [1.29, 1.82) is 0 Å². The average Bonchev–Trinajstić information content (AvgIpc) is 2.65. The number of hydrogen-bond acceptors (Lipinski definition) is 4. The molecule has 0 unspecified atom stereocenters. The van der Waals surface area contributed by atoms with Crippen LogP contribution in [-0.4, -0.2) is 42.8 Å². The van der Waals surface area contributed by atoms with Crippen molar-refractivity contribution in [2.45, 2.75) is 25.0 Å². The lowest BCUT2D eigenvalue weighted by Gasteiger charge is -2.15. The molecule has 0 spiro atoms. The summed E-state index contributed by atoms with van der Waals surface area (Å²) in [5.74, 6) is 1.03. The van der Waals surface area contributed by atoms with Gasteiger partial charge in [-0.15, -0.1) is 0 Å². The molecule has 12 heavy (non-hydrogen) atoms. The van der Waals surface area contributed by atoms with Gasteiger partial charge in [0.25, 0.3) is 0 Å². The van der Waals surface area contributed by atoms with Crippen molar-refractivity contribution in [3.05, 3.63) is 0 Å². The largest absolute Gasteiger partial charge is 0.388 e. The van der Waals surface area contributed by atoms with E-state index in [0.717, 1.165) is 25.2 Å². The lowest BCUT2D eigenvalue weighted by Crippen LogP contribution is -2.41. The standard InChI is InChI=1S/C8H14N2O2/c11-7-5-12-4-6(7)10-8-2-1-3-9-8/h6-7,11H,1-5H2,(H,9,10)/t6-,7-/m1/s1. The Kier molecular flexibility index (Phi) is 2.28. The second kappa shape index (κ2) is 3.41. The highest BCUT2D eigenvalue weighted by Gasteiger charge is 2.27. The van der Waals surface area contributed by atoms with Crippen molar-refractivity contribution in [3.8, 4) is 0 Å². The molecule has 2 rings (SSSR count). The molecule has 2 N–H and O–H groups in total. The summed E-state index contributed by atoms with van der Waals surface area (Å²) in [6.45, 7) is 1.97. The zero-order valence-electron chi connectivity index (χ0n) is 6.99. The molecule has 0 amide bonds. The maximum Gasteiger partial charge on any atom is 0.0996 e. The van der Waals surface area contributed by atoms with E-state index in [1.807, 2.05) is 0 Å². The predicted molar refractivity (Wildman–Crippen MR) is 45.3 cm³/mol. The maximum absolute atomic E-state index is 9.41. The molecule has 0 bridgehead atoms. The zero-order valence-corrected chi connectivity index (χ0v) is 6.99. The maximum atomic E-state index is 9.41. The van der Waals surface area contributed by atoms with E-state index in [1.165, 1.54) is 0 Å². The first-order valence-electron chi connectivity index (χ1n) is 4.42. The van der Waals surface area contributed by atoms with E-state index in [0.29, 0.717) is 13.2 Å². The molecule has 68 valence electrons. The number of amidine groups is 1. The van der Waals surface area contributed by atoms with Crippen LogP contribution in [0.2, 0.25) is 0 Å². The van der Waals surface area contributed by atoms with Gasteiger partial charge in [-0.2, -0.15) is 0 Å². The van der Waals surface area contributed by atoms with Crippen LogP contribution in [0.1, 0.15) is 12.8 Å². The van der Waals surface area contributed by atoms with E-state index >= 15 is 0 Å². The molecular weight excluding hydrogens is 156 g/mol. The molecule has 0 aromatic heterocycles. The molecule has 1 saturated heterocycles. The van der Waals surface area contributed by atoms with Gasteiger partial charge < -0.3 is 15.2 Å². The fourth-order valence-electron chi connectivity index (χ4n) is 1.55. The Balaban J connectivity index is 1.85. The Morgan fingerprint density at radius 1 is 1.50 bits per heavy atom. The minimum absolute atomic E-state index is 0.0573. The lowest BCUT2D eigenvalue weighted by atomic mass is 10.2. The first kappa shape index (κ1) is 8.01. The molecule has 2 heterocycles. The first-order valence-corrected chi connectivity index (χ1v) is 4.42. The lowest BCUT2D eigenvalue weighted by molar-refractivity contribution is 0.124. The van der Waals surface area contributed by atoms with E-state index in [4.69, 9.17) is 4.74 Å². The highest BCUT2D eigenvalue weighted by atomic mass is 16.5. The van der Waals surface area contributed by atoms with Gasteiger partial charge in [-0.25, -0.2) is 0 Å². The quantitative estimate of drug-likeness (QED) is 0.559. The third kappa shape index (κ3) is 1.59. The van der Waals surface area contributed by atoms with Crippen LogP contribution in [-0.2, 0) is 4.74 Å². The average molecular weight is 170 g/mol. The van der Waals surface area contributed by atoms with Crippen LogP contribution in [0.3, 0.4) is 0 Å². The first-order chi connectivity index (χ1) is 5.86. The van der Waals surface area contributed by atoms with Gasteiger partial charge in [0, 0.05) is 13.0 Å². The van der Waals surface area contributed by atoms with Gasteiger partial charge in [0.1, 0.15) is 0 Å². The minimum Gasteiger partial charge on any atom is -0.388 e. The highest BCUT2D eigenvalue weighted by molar-refractivity contribution is 5.83. The molecule has 2 atom stereocenters. The fraction of sp³-hybridized carbons (Fsp3) is 0.875. The summed E-state index contributed by atoms with van der Waals surface area (Å²) >= 11 is 0. The van der Waals surface area contributed by atoms with Gasteiger partial charge in [-0.1, -0.05) is 0 Å². The van der Waals surface area contributed by atoms with Crippen molar-refractivity contribution < 1.29 is 9.84 Å². The summed E-state index contributed by atoms with van der Waals surface area (Å²) in [5.41, 5.74) is 0. The minimum atomic E-state index is -0.367. The van der Waals surface area contributed by atoms with Gasteiger partial charge >= 0.3 is 0 Å². The molecule has 2 aliphatic rings. The van der Waals surface area contributed by atoms with Crippen LogP contribution in [0, 0.1) is 0 Å².